The molecule has 2 N–H and O–H groups in total. The Bertz CT molecular complexity index is 664. The van der Waals surface area contributed by atoms with Crippen molar-refractivity contribution < 1.29 is 24.2 Å². The molecule has 0 aromatic rings. The lowest BCUT2D eigenvalue weighted by Crippen LogP contribution is -2.57. The van der Waals surface area contributed by atoms with Crippen LogP contribution in [0.4, 0.5) is 0 Å². The standard InChI is InChI=1S/C21H34N2O5S/c1-5-28-19(27)14-13-9-10-21(29-13)15(14)18(26)23(11-7-6-8-12-24)16(21)17(25)22-20(2,3)4/h13-16,24H,5-12H2,1-4H3,(H,22,25)/t13-,14+,15-,16?,21?/m0/s1. The first-order valence-corrected chi connectivity index (χ1v) is 11.6. The Morgan fingerprint density at radius 1 is 1.31 bits per heavy atom. The second kappa shape index (κ2) is 8.46. The second-order valence-corrected chi connectivity index (χ2v) is 11.0. The molecule has 0 aromatic heterocycles. The van der Waals surface area contributed by atoms with Crippen LogP contribution in [0.15, 0.2) is 0 Å². The maximum atomic E-state index is 13.5. The van der Waals surface area contributed by atoms with Crippen LogP contribution in [0.2, 0.25) is 0 Å². The molecule has 0 aliphatic carbocycles. The summed E-state index contributed by atoms with van der Waals surface area (Å²) < 4.78 is 4.75. The van der Waals surface area contributed by atoms with Gasteiger partial charge in [0.2, 0.25) is 11.8 Å². The predicted molar refractivity (Wildman–Crippen MR) is 111 cm³/mol. The Balaban J connectivity index is 1.91. The third-order valence-corrected chi connectivity index (χ3v) is 8.11. The number of aliphatic hydroxyl groups is 1. The molecular weight excluding hydrogens is 392 g/mol. The first kappa shape index (κ1) is 22.4. The van der Waals surface area contributed by atoms with Crippen molar-refractivity contribution in [1.82, 2.24) is 10.2 Å². The van der Waals surface area contributed by atoms with Crippen molar-refractivity contribution >= 4 is 29.5 Å². The first-order valence-electron chi connectivity index (χ1n) is 10.7. The minimum atomic E-state index is -0.567. The highest BCUT2D eigenvalue weighted by atomic mass is 32.2. The minimum Gasteiger partial charge on any atom is -0.466 e. The van der Waals surface area contributed by atoms with Gasteiger partial charge in [0.25, 0.3) is 0 Å². The van der Waals surface area contributed by atoms with E-state index in [-0.39, 0.29) is 29.6 Å². The lowest BCUT2D eigenvalue weighted by Gasteiger charge is -2.36. The van der Waals surface area contributed by atoms with Gasteiger partial charge in [0.05, 0.1) is 23.2 Å². The number of hydrogen-bond donors (Lipinski definition) is 2. The summed E-state index contributed by atoms with van der Waals surface area (Å²) in [5.74, 6) is -1.47. The molecule has 3 aliphatic heterocycles. The Morgan fingerprint density at radius 2 is 2.03 bits per heavy atom. The molecule has 1 spiro atoms. The van der Waals surface area contributed by atoms with Crippen molar-refractivity contribution in [2.45, 2.75) is 81.4 Å². The molecule has 0 radical (unpaired) electrons. The molecule has 8 heteroatoms. The summed E-state index contributed by atoms with van der Waals surface area (Å²) in [5.41, 5.74) is -0.404. The summed E-state index contributed by atoms with van der Waals surface area (Å²) in [6.45, 7) is 8.46. The smallest absolute Gasteiger partial charge is 0.310 e. The molecular formula is C21H34N2O5S. The molecule has 164 valence electrons. The number of thioether (sulfide) groups is 1. The molecule has 3 heterocycles. The zero-order valence-electron chi connectivity index (χ0n) is 17.9. The summed E-state index contributed by atoms with van der Waals surface area (Å²) in [6, 6.07) is -0.567. The zero-order chi connectivity index (χ0) is 21.4. The van der Waals surface area contributed by atoms with Crippen LogP contribution in [-0.4, -0.2) is 69.1 Å². The maximum Gasteiger partial charge on any atom is 0.310 e. The molecule has 3 aliphatic rings. The van der Waals surface area contributed by atoms with E-state index in [4.69, 9.17) is 9.84 Å². The summed E-state index contributed by atoms with van der Waals surface area (Å²) in [5, 5.41) is 12.2. The highest BCUT2D eigenvalue weighted by Gasteiger charge is 2.73. The molecule has 2 amide bonds. The molecule has 2 bridgehead atoms. The molecule has 2 unspecified atom stereocenters. The first-order chi connectivity index (χ1) is 13.7. The number of carbonyl (C=O) groups excluding carboxylic acids is 3. The van der Waals surface area contributed by atoms with Gasteiger partial charge in [0, 0.05) is 23.9 Å². The summed E-state index contributed by atoms with van der Waals surface area (Å²) in [4.78, 5) is 41.3. The Morgan fingerprint density at radius 3 is 2.66 bits per heavy atom. The number of nitrogens with zero attached hydrogens (tertiary/aromatic N) is 1. The average Bonchev–Trinajstić information content (AvgIpc) is 3.25. The number of likely N-dealkylation sites (tertiary alicyclic amines) is 1. The zero-order valence-corrected chi connectivity index (χ0v) is 18.7. The van der Waals surface area contributed by atoms with Crippen molar-refractivity contribution in [3.8, 4) is 0 Å². The fraction of sp³-hybridized carbons (Fsp3) is 0.857. The number of hydrogen-bond acceptors (Lipinski definition) is 6. The average molecular weight is 427 g/mol. The summed E-state index contributed by atoms with van der Waals surface area (Å²) in [7, 11) is 0. The van der Waals surface area contributed by atoms with E-state index in [2.05, 4.69) is 5.32 Å². The van der Waals surface area contributed by atoms with E-state index in [0.717, 1.165) is 25.7 Å². The molecule has 3 saturated heterocycles. The van der Waals surface area contributed by atoms with Crippen LogP contribution in [0.25, 0.3) is 0 Å². The van der Waals surface area contributed by atoms with Crippen molar-refractivity contribution in [3.05, 3.63) is 0 Å². The van der Waals surface area contributed by atoms with Crippen LogP contribution in [0.3, 0.4) is 0 Å². The predicted octanol–water partition coefficient (Wildman–Crippen LogP) is 1.72. The maximum absolute atomic E-state index is 13.5. The summed E-state index contributed by atoms with van der Waals surface area (Å²) in [6.07, 6.45) is 3.80. The van der Waals surface area contributed by atoms with Gasteiger partial charge in [-0.25, -0.2) is 0 Å². The lowest BCUT2D eigenvalue weighted by molar-refractivity contribution is -0.153. The van der Waals surface area contributed by atoms with Gasteiger partial charge in [-0.1, -0.05) is 0 Å². The second-order valence-electron chi connectivity index (χ2n) is 9.36. The molecule has 0 aromatic carbocycles. The number of ether oxygens (including phenoxy) is 1. The van der Waals surface area contributed by atoms with E-state index >= 15 is 0 Å². The monoisotopic (exact) mass is 426 g/mol. The van der Waals surface area contributed by atoms with E-state index in [9.17, 15) is 14.4 Å². The Labute approximate surface area is 177 Å². The molecule has 0 saturated carbocycles. The fourth-order valence-corrected chi connectivity index (χ4v) is 7.42. The Kier molecular flexibility index (Phi) is 6.53. The van der Waals surface area contributed by atoms with Crippen LogP contribution in [0.1, 0.15) is 59.8 Å². The fourth-order valence-electron chi connectivity index (χ4n) is 5.21. The Hall–Kier alpha value is -1.28. The van der Waals surface area contributed by atoms with Crippen LogP contribution < -0.4 is 5.32 Å². The quantitative estimate of drug-likeness (QED) is 0.453. The van der Waals surface area contributed by atoms with Gasteiger partial charge in [0.1, 0.15) is 6.04 Å². The number of fused-ring (bicyclic) bond motifs is 1. The molecule has 3 fully saturated rings. The van der Waals surface area contributed by atoms with E-state index in [1.165, 1.54) is 0 Å². The van der Waals surface area contributed by atoms with Gasteiger partial charge in [-0.2, -0.15) is 0 Å². The molecule has 7 nitrogen and oxygen atoms in total. The third-order valence-electron chi connectivity index (χ3n) is 6.16. The number of amides is 2. The summed E-state index contributed by atoms with van der Waals surface area (Å²) >= 11 is 1.66. The van der Waals surface area contributed by atoms with Crippen molar-refractivity contribution in [2.24, 2.45) is 11.8 Å². The third kappa shape index (κ3) is 4.02. The van der Waals surface area contributed by atoms with E-state index < -0.39 is 28.2 Å². The minimum absolute atomic E-state index is 0.0458. The van der Waals surface area contributed by atoms with E-state index in [0.29, 0.717) is 19.6 Å². The number of unbranched alkanes of at least 4 members (excludes halogenated alkanes) is 2. The molecule has 5 atom stereocenters. The van der Waals surface area contributed by atoms with Gasteiger partial charge in [-0.15, -0.1) is 11.8 Å². The van der Waals surface area contributed by atoms with Gasteiger partial charge < -0.3 is 20.1 Å². The number of aliphatic hydroxyl groups excluding tert-OH is 1. The van der Waals surface area contributed by atoms with Gasteiger partial charge in [-0.3, -0.25) is 14.4 Å². The lowest BCUT2D eigenvalue weighted by atomic mass is 9.71. The van der Waals surface area contributed by atoms with Crippen LogP contribution in [0.5, 0.6) is 0 Å². The number of carbonyl (C=O) groups is 3. The SMILES string of the molecule is CCOC(=O)[C@@H]1[C@@H]2CCC3(S2)C(C(=O)NC(C)(C)C)N(CCCCCO)C(=O)[C@H]13. The number of nitrogens with one attached hydrogen (secondary N) is 1. The highest BCUT2D eigenvalue weighted by molar-refractivity contribution is 8.02. The van der Waals surface area contributed by atoms with E-state index in [1.807, 2.05) is 20.8 Å². The molecule has 29 heavy (non-hydrogen) atoms. The van der Waals surface area contributed by atoms with E-state index in [1.54, 1.807) is 23.6 Å². The van der Waals surface area contributed by atoms with Crippen molar-refractivity contribution in [1.29, 1.82) is 0 Å². The normalized spacial score (nSPS) is 33.1. The van der Waals surface area contributed by atoms with Crippen molar-refractivity contribution in [2.75, 3.05) is 19.8 Å². The molecule has 3 rings (SSSR count). The van der Waals surface area contributed by atoms with Crippen molar-refractivity contribution in [3.63, 3.8) is 0 Å². The van der Waals surface area contributed by atoms with Gasteiger partial charge in [-0.05, 0) is 59.8 Å². The van der Waals surface area contributed by atoms with Gasteiger partial charge >= 0.3 is 5.97 Å². The topological polar surface area (TPSA) is 95.9 Å². The van der Waals surface area contributed by atoms with Crippen LogP contribution >= 0.6 is 11.8 Å². The van der Waals surface area contributed by atoms with Gasteiger partial charge in [0.15, 0.2) is 0 Å². The largest absolute Gasteiger partial charge is 0.466 e. The van der Waals surface area contributed by atoms with Crippen LogP contribution in [0, 0.1) is 11.8 Å². The number of rotatable bonds is 8. The number of esters is 1. The van der Waals surface area contributed by atoms with Crippen LogP contribution in [-0.2, 0) is 19.1 Å². The highest BCUT2D eigenvalue weighted by Crippen LogP contribution is 2.66.